The molecule has 2 amide bonds. The topological polar surface area (TPSA) is 102 Å². The standard InChI is InChI=1S/C31H39N7O3/c1-22-17-23(2)38(33-22)21-28-24(3)41-34-30(28)31(40)35-14-8-6-5-7-9-16-37(25(4)39)29-18-26(11-12-27(29)20-35)19-36-15-10-13-32-36/h10-13,15,17-18H,5-9,14,16,19-21H2,1-4H3. The number of rotatable bonds is 5. The van der Waals surface area contributed by atoms with Gasteiger partial charge in [-0.05, 0) is 62.9 Å². The second-order valence-corrected chi connectivity index (χ2v) is 11.0. The van der Waals surface area contributed by atoms with E-state index in [4.69, 9.17) is 4.52 Å². The fourth-order valence-corrected chi connectivity index (χ4v) is 5.56. The molecule has 4 aromatic rings. The Kier molecular flexibility index (Phi) is 8.66. The second-order valence-electron chi connectivity index (χ2n) is 11.0. The molecule has 0 saturated carbocycles. The summed E-state index contributed by atoms with van der Waals surface area (Å²) in [5.74, 6) is 0.440. The Morgan fingerprint density at radius 1 is 0.976 bits per heavy atom. The number of amides is 2. The number of aryl methyl sites for hydroxylation is 3. The minimum Gasteiger partial charge on any atom is -0.361 e. The maximum Gasteiger partial charge on any atom is 0.276 e. The normalized spacial score (nSPS) is 14.8. The van der Waals surface area contributed by atoms with Gasteiger partial charge in [0.2, 0.25) is 5.91 Å². The molecule has 0 fully saturated rings. The molecule has 5 rings (SSSR count). The number of benzene rings is 1. The van der Waals surface area contributed by atoms with E-state index in [2.05, 4.69) is 27.5 Å². The van der Waals surface area contributed by atoms with Gasteiger partial charge in [-0.3, -0.25) is 19.0 Å². The summed E-state index contributed by atoms with van der Waals surface area (Å²) in [6, 6.07) is 10.1. The van der Waals surface area contributed by atoms with Crippen molar-refractivity contribution in [3.8, 4) is 0 Å². The Morgan fingerprint density at radius 3 is 2.46 bits per heavy atom. The van der Waals surface area contributed by atoms with E-state index < -0.39 is 0 Å². The number of anilines is 1. The smallest absolute Gasteiger partial charge is 0.276 e. The van der Waals surface area contributed by atoms with Crippen LogP contribution in [0.4, 0.5) is 5.69 Å². The van der Waals surface area contributed by atoms with Gasteiger partial charge < -0.3 is 14.3 Å². The fourth-order valence-electron chi connectivity index (χ4n) is 5.56. The third-order valence-corrected chi connectivity index (χ3v) is 7.78. The van der Waals surface area contributed by atoms with Crippen molar-refractivity contribution in [3.63, 3.8) is 0 Å². The summed E-state index contributed by atoms with van der Waals surface area (Å²) in [6.07, 6.45) is 8.65. The average molecular weight is 558 g/mol. The SMILES string of the molecule is CC(=O)N1CCCCCCCN(C(=O)c2noc(C)c2Cn2nc(C)cc2C)Cc2ccc(Cn3cccn3)cc21. The van der Waals surface area contributed by atoms with Gasteiger partial charge in [0.25, 0.3) is 5.91 Å². The molecule has 0 unspecified atom stereocenters. The Bertz CT molecular complexity index is 1500. The van der Waals surface area contributed by atoms with E-state index in [0.717, 1.165) is 65.9 Å². The quantitative estimate of drug-likeness (QED) is 0.340. The van der Waals surface area contributed by atoms with Gasteiger partial charge >= 0.3 is 0 Å². The van der Waals surface area contributed by atoms with Gasteiger partial charge in [-0.25, -0.2) is 0 Å². The molecule has 0 saturated heterocycles. The lowest BCUT2D eigenvalue weighted by atomic mass is 10.0. The molecule has 216 valence electrons. The molecule has 0 N–H and O–H groups in total. The molecule has 0 radical (unpaired) electrons. The fraction of sp³-hybridized carbons (Fsp3) is 0.452. The first-order valence-corrected chi connectivity index (χ1v) is 14.4. The Hall–Kier alpha value is -4.21. The van der Waals surface area contributed by atoms with Gasteiger partial charge in [0.1, 0.15) is 5.76 Å². The highest BCUT2D eigenvalue weighted by molar-refractivity contribution is 5.95. The molecule has 0 atom stereocenters. The van der Waals surface area contributed by atoms with Crippen LogP contribution in [0.5, 0.6) is 0 Å². The Balaban J connectivity index is 1.49. The van der Waals surface area contributed by atoms with Crippen molar-refractivity contribution in [2.24, 2.45) is 0 Å². The van der Waals surface area contributed by atoms with Crippen LogP contribution < -0.4 is 4.90 Å². The Morgan fingerprint density at radius 2 is 1.76 bits per heavy atom. The van der Waals surface area contributed by atoms with Crippen molar-refractivity contribution in [2.75, 3.05) is 18.0 Å². The van der Waals surface area contributed by atoms with Crippen molar-refractivity contribution in [2.45, 2.75) is 79.4 Å². The predicted octanol–water partition coefficient (Wildman–Crippen LogP) is 5.05. The van der Waals surface area contributed by atoms with Crippen LogP contribution in [-0.2, 0) is 24.4 Å². The van der Waals surface area contributed by atoms with Gasteiger partial charge in [0.05, 0.1) is 18.8 Å². The molecule has 1 aliphatic rings. The molecule has 41 heavy (non-hydrogen) atoms. The molecule has 10 heteroatoms. The van der Waals surface area contributed by atoms with Gasteiger partial charge in [-0.15, -0.1) is 0 Å². The van der Waals surface area contributed by atoms with Crippen LogP contribution >= 0.6 is 0 Å². The first kappa shape index (κ1) is 28.3. The molecule has 4 heterocycles. The van der Waals surface area contributed by atoms with E-state index in [1.165, 1.54) is 0 Å². The number of hydrogen-bond donors (Lipinski definition) is 0. The monoisotopic (exact) mass is 557 g/mol. The summed E-state index contributed by atoms with van der Waals surface area (Å²) >= 11 is 0. The lowest BCUT2D eigenvalue weighted by Gasteiger charge is -2.29. The predicted molar refractivity (Wildman–Crippen MR) is 156 cm³/mol. The van der Waals surface area contributed by atoms with Gasteiger partial charge in [0, 0.05) is 55.9 Å². The highest BCUT2D eigenvalue weighted by Crippen LogP contribution is 2.28. The average Bonchev–Trinajstić information content (AvgIpc) is 3.65. The third-order valence-electron chi connectivity index (χ3n) is 7.78. The summed E-state index contributed by atoms with van der Waals surface area (Å²) in [5, 5.41) is 13.1. The van der Waals surface area contributed by atoms with Crippen molar-refractivity contribution in [3.05, 3.63) is 82.3 Å². The zero-order chi connectivity index (χ0) is 28.9. The number of carbonyl (C=O) groups is 2. The van der Waals surface area contributed by atoms with Gasteiger partial charge in [-0.2, -0.15) is 10.2 Å². The van der Waals surface area contributed by atoms with Crippen LogP contribution in [0.1, 0.15) is 83.4 Å². The molecular formula is C31H39N7O3. The number of fused-ring (bicyclic) bond motifs is 1. The molecule has 0 bridgehead atoms. The lowest BCUT2D eigenvalue weighted by Crippen LogP contribution is -2.35. The van der Waals surface area contributed by atoms with Crippen LogP contribution in [0.3, 0.4) is 0 Å². The summed E-state index contributed by atoms with van der Waals surface area (Å²) < 4.78 is 9.29. The minimum absolute atomic E-state index is 0.00303. The number of nitrogens with zero attached hydrogens (tertiary/aromatic N) is 7. The first-order valence-electron chi connectivity index (χ1n) is 14.4. The molecule has 10 nitrogen and oxygen atoms in total. The van der Waals surface area contributed by atoms with E-state index >= 15 is 0 Å². The zero-order valence-electron chi connectivity index (χ0n) is 24.5. The highest BCUT2D eigenvalue weighted by Gasteiger charge is 2.27. The number of aromatic nitrogens is 5. The summed E-state index contributed by atoms with van der Waals surface area (Å²) in [7, 11) is 0. The van der Waals surface area contributed by atoms with Crippen LogP contribution in [0.25, 0.3) is 0 Å². The molecule has 1 aromatic carbocycles. The minimum atomic E-state index is -0.170. The number of hydrogen-bond acceptors (Lipinski definition) is 6. The summed E-state index contributed by atoms with van der Waals surface area (Å²) in [6.45, 7) is 10.0. The van der Waals surface area contributed by atoms with Crippen LogP contribution in [0.15, 0.2) is 47.2 Å². The summed E-state index contributed by atoms with van der Waals surface area (Å²) in [5.41, 5.74) is 5.82. The van der Waals surface area contributed by atoms with E-state index in [1.807, 2.05) is 64.3 Å². The van der Waals surface area contributed by atoms with E-state index in [-0.39, 0.29) is 11.8 Å². The lowest BCUT2D eigenvalue weighted by molar-refractivity contribution is -0.116. The largest absolute Gasteiger partial charge is 0.361 e. The molecular weight excluding hydrogens is 518 g/mol. The third kappa shape index (κ3) is 6.58. The Labute approximate surface area is 240 Å². The van der Waals surface area contributed by atoms with E-state index in [1.54, 1.807) is 13.1 Å². The number of carbonyl (C=O) groups excluding carboxylic acids is 2. The van der Waals surface area contributed by atoms with Crippen molar-refractivity contribution < 1.29 is 14.1 Å². The first-order chi connectivity index (χ1) is 19.8. The summed E-state index contributed by atoms with van der Waals surface area (Å²) in [4.78, 5) is 30.7. The molecule has 0 aliphatic carbocycles. The van der Waals surface area contributed by atoms with Crippen molar-refractivity contribution >= 4 is 17.5 Å². The highest BCUT2D eigenvalue weighted by atomic mass is 16.5. The van der Waals surface area contributed by atoms with Crippen LogP contribution in [0, 0.1) is 20.8 Å². The van der Waals surface area contributed by atoms with Crippen molar-refractivity contribution in [1.82, 2.24) is 29.6 Å². The van der Waals surface area contributed by atoms with E-state index in [9.17, 15) is 9.59 Å². The second kappa shape index (κ2) is 12.5. The molecule has 1 aliphatic heterocycles. The molecule has 3 aromatic heterocycles. The maximum absolute atomic E-state index is 14.1. The maximum atomic E-state index is 14.1. The van der Waals surface area contributed by atoms with Crippen LogP contribution in [0.2, 0.25) is 0 Å². The van der Waals surface area contributed by atoms with Gasteiger partial charge in [-0.1, -0.05) is 36.6 Å². The van der Waals surface area contributed by atoms with E-state index in [0.29, 0.717) is 44.2 Å². The van der Waals surface area contributed by atoms with Gasteiger partial charge in [0.15, 0.2) is 5.69 Å². The van der Waals surface area contributed by atoms with Crippen molar-refractivity contribution in [1.29, 1.82) is 0 Å². The van der Waals surface area contributed by atoms with Crippen LogP contribution in [-0.4, -0.2) is 54.5 Å². The zero-order valence-corrected chi connectivity index (χ0v) is 24.5. The molecule has 0 spiro atoms.